The van der Waals surface area contributed by atoms with E-state index in [4.69, 9.17) is 4.74 Å². The zero-order chi connectivity index (χ0) is 22.8. The van der Waals surface area contributed by atoms with E-state index in [1.807, 2.05) is 11.3 Å². The summed E-state index contributed by atoms with van der Waals surface area (Å²) in [6.45, 7) is 7.56. The van der Waals surface area contributed by atoms with E-state index < -0.39 is 0 Å². The van der Waals surface area contributed by atoms with Crippen LogP contribution < -0.4 is 25.9 Å². The summed E-state index contributed by atoms with van der Waals surface area (Å²) in [4.78, 5) is 2.83. The predicted molar refractivity (Wildman–Crippen MR) is 142 cm³/mol. The van der Waals surface area contributed by atoms with Gasteiger partial charge in [0, 0.05) is 40.8 Å². The van der Waals surface area contributed by atoms with Gasteiger partial charge in [0.15, 0.2) is 0 Å². The van der Waals surface area contributed by atoms with E-state index in [1.54, 1.807) is 7.11 Å². The quantitative estimate of drug-likeness (QED) is 0.428. The Labute approximate surface area is 203 Å². The molecule has 3 aromatic rings. The number of benzene rings is 2. The molecule has 6 heteroatoms. The molecule has 0 spiro atoms. The summed E-state index contributed by atoms with van der Waals surface area (Å²) >= 11 is 2.00. The molecule has 174 valence electrons. The van der Waals surface area contributed by atoms with Gasteiger partial charge in [-0.15, -0.1) is 21.8 Å². The van der Waals surface area contributed by atoms with Crippen LogP contribution in [-0.2, 0) is 6.42 Å². The van der Waals surface area contributed by atoms with Gasteiger partial charge in [-0.25, -0.2) is 0 Å². The van der Waals surface area contributed by atoms with Crippen LogP contribution in [0.5, 0.6) is 5.75 Å². The Morgan fingerprint density at radius 3 is 2.64 bits per heavy atom. The average molecular weight is 480 g/mol. The van der Waals surface area contributed by atoms with E-state index in [-0.39, 0.29) is 15.4 Å². The molecule has 33 heavy (non-hydrogen) atoms. The fourth-order valence-corrected chi connectivity index (χ4v) is 9.58. The van der Waals surface area contributed by atoms with Crippen molar-refractivity contribution in [1.82, 2.24) is 10.6 Å². The van der Waals surface area contributed by atoms with Crippen LogP contribution in [0, 0.1) is 3.82 Å². The zero-order valence-electron chi connectivity index (χ0n) is 19.6. The van der Waals surface area contributed by atoms with E-state index in [0.29, 0.717) is 5.92 Å². The lowest BCUT2D eigenvalue weighted by atomic mass is 10.0. The molecule has 2 aliphatic rings. The molecular weight excluding hydrogens is 446 g/mol. The van der Waals surface area contributed by atoms with Crippen molar-refractivity contribution in [2.45, 2.75) is 42.4 Å². The minimum atomic E-state index is -0.106. The first-order valence-corrected chi connectivity index (χ1v) is 13.8. The Balaban J connectivity index is 1.66. The van der Waals surface area contributed by atoms with Crippen molar-refractivity contribution in [2.75, 3.05) is 32.1 Å². The first-order chi connectivity index (χ1) is 16.1. The predicted octanol–water partition coefficient (Wildman–Crippen LogP) is 5.14. The third-order valence-corrected chi connectivity index (χ3v) is 11.2. The van der Waals surface area contributed by atoms with Gasteiger partial charge in [0.1, 0.15) is 5.75 Å². The van der Waals surface area contributed by atoms with Gasteiger partial charge < -0.3 is 20.7 Å². The van der Waals surface area contributed by atoms with E-state index in [0.717, 1.165) is 38.2 Å². The molecule has 1 saturated heterocycles. The van der Waals surface area contributed by atoms with Crippen molar-refractivity contribution < 1.29 is 4.74 Å². The molecule has 3 N–H and O–H groups in total. The Hall–Kier alpha value is -2.12. The van der Waals surface area contributed by atoms with Gasteiger partial charge in [-0.1, -0.05) is 38.1 Å². The standard InChI is InChI=1S/C27H33N3OS2/c1-19(2)24-16-21-17-29-23-6-4-5-7-25(23)33(26(21)32-24)27(18-28-14-15-30-27)13-12-20-8-10-22(31-3)11-9-20/h4-11,16-17,19,28-30H,12-15,18H2,1-3H3/t27-,33?/m0/s1. The maximum absolute atomic E-state index is 5.36. The normalized spacial score (nSPS) is 22.0. The number of aryl methyl sites for hydroxylation is 1. The molecule has 0 bridgehead atoms. The minimum absolute atomic E-state index is 0.0397. The highest BCUT2D eigenvalue weighted by Crippen LogP contribution is 2.48. The lowest BCUT2D eigenvalue weighted by molar-refractivity contribution is 0.362. The Bertz CT molecular complexity index is 1240. The monoisotopic (exact) mass is 479 g/mol. The van der Waals surface area contributed by atoms with Crippen LogP contribution in [0.15, 0.2) is 59.5 Å². The van der Waals surface area contributed by atoms with Gasteiger partial charge in [0.25, 0.3) is 0 Å². The number of hydrogen-bond donors (Lipinski definition) is 3. The Morgan fingerprint density at radius 1 is 1.09 bits per heavy atom. The summed E-state index contributed by atoms with van der Waals surface area (Å²) < 4.78 is 6.86. The summed E-state index contributed by atoms with van der Waals surface area (Å²) in [5.74, 6) is 1.44. The molecule has 0 amide bonds. The summed E-state index contributed by atoms with van der Waals surface area (Å²) in [6.07, 6.45) is 4.31. The van der Waals surface area contributed by atoms with Crippen molar-refractivity contribution in [3.05, 3.63) is 74.1 Å². The van der Waals surface area contributed by atoms with E-state index in [2.05, 4.69) is 90.6 Å². The third kappa shape index (κ3) is 4.50. The van der Waals surface area contributed by atoms with Crippen molar-refractivity contribution in [3.63, 3.8) is 0 Å². The number of para-hydroxylation sites is 1. The minimum Gasteiger partial charge on any atom is -0.497 e. The second-order valence-corrected chi connectivity index (χ2v) is 12.7. The molecule has 0 radical (unpaired) electrons. The molecule has 2 aromatic carbocycles. The van der Waals surface area contributed by atoms with Gasteiger partial charge in [-0.2, -0.15) is 0 Å². The second-order valence-electron chi connectivity index (χ2n) is 9.08. The molecule has 0 saturated carbocycles. The molecule has 5 rings (SSSR count). The number of ether oxygens (including phenoxy) is 1. The van der Waals surface area contributed by atoms with E-state index >= 15 is 0 Å². The van der Waals surface area contributed by atoms with Crippen LogP contribution in [0.1, 0.15) is 36.6 Å². The Kier molecular flexibility index (Phi) is 6.61. The molecule has 2 atom stereocenters. The van der Waals surface area contributed by atoms with Crippen LogP contribution in [0.3, 0.4) is 0 Å². The maximum atomic E-state index is 5.36. The average Bonchev–Trinajstić information content (AvgIpc) is 3.20. The molecule has 0 aliphatic carbocycles. The highest BCUT2D eigenvalue weighted by atomic mass is 32.2. The second kappa shape index (κ2) is 9.63. The summed E-state index contributed by atoms with van der Waals surface area (Å²) in [5, 5.41) is 12.8. The van der Waals surface area contributed by atoms with Crippen LogP contribution >= 0.6 is 21.8 Å². The Morgan fingerprint density at radius 2 is 1.91 bits per heavy atom. The summed E-state index contributed by atoms with van der Waals surface area (Å²) in [5.41, 5.74) is 2.58. The number of nitrogens with one attached hydrogen (secondary N) is 3. The van der Waals surface area contributed by atoms with Crippen LogP contribution in [0.4, 0.5) is 5.69 Å². The summed E-state index contributed by atoms with van der Waals surface area (Å²) in [6, 6.07) is 19.8. The molecule has 1 unspecified atom stereocenters. The number of thiophene rings is 1. The van der Waals surface area contributed by atoms with Crippen molar-refractivity contribution >= 4 is 33.7 Å². The van der Waals surface area contributed by atoms with Gasteiger partial charge in [0.05, 0.1) is 21.5 Å². The first kappa shape index (κ1) is 22.7. The van der Waals surface area contributed by atoms with Crippen LogP contribution in [0.2, 0.25) is 0 Å². The topological polar surface area (TPSA) is 45.3 Å². The summed E-state index contributed by atoms with van der Waals surface area (Å²) in [7, 11) is 1.62. The zero-order valence-corrected chi connectivity index (χ0v) is 21.2. The van der Waals surface area contributed by atoms with Gasteiger partial charge in [-0.3, -0.25) is 0 Å². The number of methoxy groups -OCH3 is 1. The van der Waals surface area contributed by atoms with E-state index in [9.17, 15) is 0 Å². The molecular formula is C27H33N3OS2. The SMILES string of the molecule is COc1ccc(CC[C@]2(S3=c4sc(C(C)C)cc4=CNc4ccccc43)CNCCN2)cc1. The van der Waals surface area contributed by atoms with Crippen LogP contribution in [0.25, 0.3) is 6.20 Å². The smallest absolute Gasteiger partial charge is 0.118 e. The lowest BCUT2D eigenvalue weighted by Gasteiger charge is -2.42. The molecule has 1 aromatic heterocycles. The first-order valence-electron chi connectivity index (χ1n) is 11.8. The van der Waals surface area contributed by atoms with Crippen LogP contribution in [-0.4, -0.2) is 31.6 Å². The number of hydrogen-bond acceptors (Lipinski definition) is 5. The molecule has 4 nitrogen and oxygen atoms in total. The van der Waals surface area contributed by atoms with Crippen molar-refractivity contribution in [3.8, 4) is 5.75 Å². The maximum Gasteiger partial charge on any atom is 0.118 e. The number of fused-ring (bicyclic) bond motifs is 2. The number of piperazine rings is 1. The number of rotatable bonds is 6. The lowest BCUT2D eigenvalue weighted by Crippen LogP contribution is -2.58. The largest absolute Gasteiger partial charge is 0.497 e. The third-order valence-electron chi connectivity index (χ3n) is 6.52. The van der Waals surface area contributed by atoms with E-state index in [1.165, 1.54) is 30.1 Å². The number of anilines is 1. The van der Waals surface area contributed by atoms with Gasteiger partial charge in [-0.05, 0) is 54.7 Å². The molecule has 2 aliphatic heterocycles. The fraction of sp³-hybridized carbons (Fsp3) is 0.370. The highest BCUT2D eigenvalue weighted by molar-refractivity contribution is 8.11. The molecule has 1 fully saturated rings. The van der Waals surface area contributed by atoms with Crippen molar-refractivity contribution in [2.24, 2.45) is 0 Å². The molecule has 3 heterocycles. The van der Waals surface area contributed by atoms with Gasteiger partial charge >= 0.3 is 0 Å². The van der Waals surface area contributed by atoms with Crippen molar-refractivity contribution in [1.29, 1.82) is 0 Å². The van der Waals surface area contributed by atoms with Gasteiger partial charge in [0.2, 0.25) is 0 Å². The highest BCUT2D eigenvalue weighted by Gasteiger charge is 2.37. The fourth-order valence-electron chi connectivity index (χ4n) is 4.65.